The average Bonchev–Trinajstić information content (AvgIpc) is 3.40. The first kappa shape index (κ1) is 26.9. The molecule has 2 aromatic heterocycles. The minimum Gasteiger partial charge on any atom is -0.456 e. The van der Waals surface area contributed by atoms with E-state index in [4.69, 9.17) is 29.5 Å². The number of hydrogen-bond donors (Lipinski definition) is 6. The highest BCUT2D eigenvalue weighted by Crippen LogP contribution is 2.57. The number of carbonyl (C=O) groups is 1. The zero-order valence-corrected chi connectivity index (χ0v) is 20.7. The Morgan fingerprint density at radius 3 is 2.76 bits per heavy atom. The van der Waals surface area contributed by atoms with E-state index in [-0.39, 0.29) is 29.1 Å². The number of H-pyrrole nitrogens is 1. The van der Waals surface area contributed by atoms with Crippen LogP contribution in [0.4, 0.5) is 11.6 Å². The van der Waals surface area contributed by atoms with E-state index in [0.717, 1.165) is 0 Å². The zero-order chi connectivity index (χ0) is 27.0. The number of benzene rings is 1. The van der Waals surface area contributed by atoms with Gasteiger partial charge in [0, 0.05) is 19.2 Å². The molecule has 4 atom stereocenters. The number of nitrogens with two attached hydrogens (primary N) is 1. The second kappa shape index (κ2) is 10.3. The Kier molecular flexibility index (Phi) is 7.50. The molecule has 1 aliphatic heterocycles. The molecule has 1 aromatic carbocycles. The lowest BCUT2D eigenvalue weighted by atomic mass is 10.1. The maximum absolute atomic E-state index is 12.9. The molecule has 1 saturated heterocycles. The minimum atomic E-state index is -5.36. The number of aromatic amines is 1. The topological polar surface area (TPSA) is 250 Å². The van der Waals surface area contributed by atoms with E-state index in [9.17, 15) is 23.6 Å². The third-order valence-electron chi connectivity index (χ3n) is 5.23. The van der Waals surface area contributed by atoms with Gasteiger partial charge in [-0.05, 0) is 12.1 Å². The van der Waals surface area contributed by atoms with Crippen LogP contribution in [0.25, 0.3) is 11.2 Å². The summed E-state index contributed by atoms with van der Waals surface area (Å²) in [6, 6.07) is 6.50. The molecular formula is C18H22N6O11P2. The molecule has 4 unspecified atom stereocenters. The van der Waals surface area contributed by atoms with Crippen molar-refractivity contribution in [1.82, 2.24) is 19.5 Å². The van der Waals surface area contributed by atoms with Gasteiger partial charge in [-0.25, -0.2) is 18.9 Å². The molecule has 0 saturated carbocycles. The molecule has 0 amide bonds. The van der Waals surface area contributed by atoms with Crippen molar-refractivity contribution < 1.29 is 46.9 Å². The van der Waals surface area contributed by atoms with E-state index in [1.54, 1.807) is 25.2 Å². The first-order chi connectivity index (χ1) is 17.4. The van der Waals surface area contributed by atoms with E-state index in [0.29, 0.717) is 5.69 Å². The summed E-state index contributed by atoms with van der Waals surface area (Å²) >= 11 is 0. The molecule has 0 spiro atoms. The molecule has 0 aliphatic carbocycles. The molecule has 3 aromatic rings. The number of nitrogen functional groups attached to an aromatic ring is 1. The van der Waals surface area contributed by atoms with Crippen LogP contribution in [0, 0.1) is 0 Å². The lowest BCUT2D eigenvalue weighted by Gasteiger charge is -2.21. The van der Waals surface area contributed by atoms with Crippen LogP contribution in [0.3, 0.4) is 0 Å². The normalized spacial score (nSPS) is 21.6. The van der Waals surface area contributed by atoms with E-state index in [2.05, 4.69) is 24.6 Å². The van der Waals surface area contributed by atoms with Gasteiger partial charge in [-0.1, -0.05) is 12.1 Å². The van der Waals surface area contributed by atoms with Gasteiger partial charge in [-0.15, -0.1) is 0 Å². The smallest absolute Gasteiger partial charge is 0.456 e. The average molecular weight is 560 g/mol. The van der Waals surface area contributed by atoms with Crippen LogP contribution in [-0.4, -0.2) is 66.0 Å². The Balaban J connectivity index is 1.61. The summed E-state index contributed by atoms with van der Waals surface area (Å²) in [5.41, 5.74) is 5.73. The standard InChI is InChI=1S/C18H22N6O11P2/c1-20-10-5-3-2-4-9(10)17(26)34-11-6-13(24-8-21-14-15(24)22-18(19)23-16(14)25)33-12(11)7-32-37(30,31)35-36(27,28)29/h2-5,8,11-13,20H,6-7H2,1H3,(H,30,31)(H2,27,28,29)(H3,19,22,23,25). The highest BCUT2D eigenvalue weighted by molar-refractivity contribution is 7.60. The highest BCUT2D eigenvalue weighted by atomic mass is 31.3. The fourth-order valence-corrected chi connectivity index (χ4v) is 5.30. The summed E-state index contributed by atoms with van der Waals surface area (Å²) in [4.78, 5) is 62.7. The number of nitrogens with zero attached hydrogens (tertiary/aromatic N) is 3. The van der Waals surface area contributed by atoms with Crippen molar-refractivity contribution in [1.29, 1.82) is 0 Å². The molecule has 17 nitrogen and oxygen atoms in total. The number of ether oxygens (including phenoxy) is 2. The monoisotopic (exact) mass is 560 g/mol. The van der Waals surface area contributed by atoms with Gasteiger partial charge in [-0.2, -0.15) is 9.29 Å². The van der Waals surface area contributed by atoms with Gasteiger partial charge in [-0.3, -0.25) is 18.9 Å². The second-order valence-electron chi connectivity index (χ2n) is 7.72. The molecule has 19 heteroatoms. The van der Waals surface area contributed by atoms with Crippen molar-refractivity contribution in [2.45, 2.75) is 24.9 Å². The summed E-state index contributed by atoms with van der Waals surface area (Å²) in [6.07, 6.45) is -2.05. The Morgan fingerprint density at radius 1 is 1.32 bits per heavy atom. The fraction of sp³-hybridized carbons (Fsp3) is 0.333. The van der Waals surface area contributed by atoms with Gasteiger partial charge in [0.05, 0.1) is 18.5 Å². The van der Waals surface area contributed by atoms with Crippen LogP contribution in [0.15, 0.2) is 35.4 Å². The van der Waals surface area contributed by atoms with Crippen LogP contribution < -0.4 is 16.6 Å². The fourth-order valence-electron chi connectivity index (χ4n) is 3.70. The lowest BCUT2D eigenvalue weighted by Crippen LogP contribution is -2.31. The van der Waals surface area contributed by atoms with Crippen molar-refractivity contribution >= 4 is 44.4 Å². The van der Waals surface area contributed by atoms with E-state index >= 15 is 0 Å². The molecule has 37 heavy (non-hydrogen) atoms. The molecular weight excluding hydrogens is 538 g/mol. The van der Waals surface area contributed by atoms with Crippen molar-refractivity contribution in [2.24, 2.45) is 0 Å². The number of phosphoric acid groups is 2. The summed E-state index contributed by atoms with van der Waals surface area (Å²) in [7, 11) is -8.96. The predicted molar refractivity (Wildman–Crippen MR) is 125 cm³/mol. The number of phosphoric ester groups is 1. The summed E-state index contributed by atoms with van der Waals surface area (Å²) in [5.74, 6) is -0.934. The second-order valence-corrected chi connectivity index (χ2v) is 10.5. The predicted octanol–water partition coefficient (Wildman–Crippen LogP) is 0.483. The number of fused-ring (bicyclic) bond motifs is 1. The Labute approximate surface area is 207 Å². The number of anilines is 2. The molecule has 0 radical (unpaired) electrons. The lowest BCUT2D eigenvalue weighted by molar-refractivity contribution is -0.0490. The molecule has 4 rings (SSSR count). The number of nitrogens with one attached hydrogen (secondary N) is 2. The summed E-state index contributed by atoms with van der Waals surface area (Å²) in [6.45, 7) is -0.765. The quantitative estimate of drug-likeness (QED) is 0.154. The van der Waals surface area contributed by atoms with Crippen molar-refractivity contribution in [2.75, 3.05) is 24.7 Å². The SMILES string of the molecule is CNc1ccccc1C(=O)OC1CC(n2cnc3c(=O)[nH]c(N)nc32)OC1COP(=O)(O)OP(=O)(O)O. The number of imidazole rings is 1. The molecule has 7 N–H and O–H groups in total. The number of rotatable bonds is 9. The first-order valence-corrected chi connectivity index (χ1v) is 13.5. The Morgan fingerprint density at radius 2 is 2.05 bits per heavy atom. The Bertz CT molecular complexity index is 1470. The Hall–Kier alpha value is -3.14. The number of para-hydroxylation sites is 1. The maximum Gasteiger partial charge on any atom is 0.481 e. The van der Waals surface area contributed by atoms with Gasteiger partial charge in [0.1, 0.15) is 18.4 Å². The maximum atomic E-state index is 12.9. The number of esters is 1. The zero-order valence-electron chi connectivity index (χ0n) is 19.0. The van der Waals surface area contributed by atoms with Crippen LogP contribution in [0.2, 0.25) is 0 Å². The minimum absolute atomic E-state index is 0.0381. The van der Waals surface area contributed by atoms with Crippen molar-refractivity contribution in [3.63, 3.8) is 0 Å². The first-order valence-electron chi connectivity index (χ1n) is 10.5. The van der Waals surface area contributed by atoms with Gasteiger partial charge in [0.2, 0.25) is 5.95 Å². The van der Waals surface area contributed by atoms with Crippen molar-refractivity contribution in [3.05, 3.63) is 46.5 Å². The van der Waals surface area contributed by atoms with Gasteiger partial charge < -0.3 is 35.2 Å². The van der Waals surface area contributed by atoms with Crippen molar-refractivity contribution in [3.8, 4) is 0 Å². The van der Waals surface area contributed by atoms with E-state index in [1.807, 2.05) is 0 Å². The van der Waals surface area contributed by atoms with Gasteiger partial charge >= 0.3 is 21.6 Å². The van der Waals surface area contributed by atoms with Crippen LogP contribution in [0.1, 0.15) is 23.0 Å². The summed E-state index contributed by atoms with van der Waals surface area (Å²) in [5, 5.41) is 2.86. The third-order valence-corrected chi connectivity index (χ3v) is 7.38. The van der Waals surface area contributed by atoms with Gasteiger partial charge in [0.25, 0.3) is 5.56 Å². The highest BCUT2D eigenvalue weighted by Gasteiger charge is 2.42. The number of hydrogen-bond acceptors (Lipinski definition) is 12. The van der Waals surface area contributed by atoms with E-state index < -0.39 is 52.2 Å². The molecule has 1 fully saturated rings. The van der Waals surface area contributed by atoms with Crippen LogP contribution in [0.5, 0.6) is 0 Å². The molecule has 1 aliphatic rings. The number of aromatic nitrogens is 4. The molecule has 0 bridgehead atoms. The van der Waals surface area contributed by atoms with Crippen LogP contribution >= 0.6 is 15.6 Å². The molecule has 3 heterocycles. The largest absolute Gasteiger partial charge is 0.481 e. The van der Waals surface area contributed by atoms with Gasteiger partial charge in [0.15, 0.2) is 11.2 Å². The summed E-state index contributed by atoms with van der Waals surface area (Å²) < 4.78 is 44.2. The molecule has 200 valence electrons. The number of carbonyl (C=O) groups excluding carboxylic acids is 1. The van der Waals surface area contributed by atoms with E-state index in [1.165, 1.54) is 17.0 Å². The third kappa shape index (κ3) is 6.23. The van der Waals surface area contributed by atoms with Crippen LogP contribution in [-0.2, 0) is 27.4 Å².